The Bertz CT molecular complexity index is 786. The predicted molar refractivity (Wildman–Crippen MR) is 113 cm³/mol. The standard InChI is InChI=1S/C23H31F3N2O4/c1-31-20-14-18(6-8-19(20)32-16-23(24,25)26)7-9-21(29)27-10-12-28(13-11-27)22(30)15-17-4-2-3-5-17/h6,8,14,17H,2-5,7,9-13,15-16H2,1H3. The fourth-order valence-electron chi connectivity index (χ4n) is 4.35. The molecule has 32 heavy (non-hydrogen) atoms. The molecule has 2 fully saturated rings. The van der Waals surface area contributed by atoms with E-state index in [1.165, 1.54) is 26.0 Å². The van der Waals surface area contributed by atoms with Crippen molar-refractivity contribution < 1.29 is 32.2 Å². The number of rotatable bonds is 8. The molecular weight excluding hydrogens is 425 g/mol. The number of hydrogen-bond acceptors (Lipinski definition) is 4. The van der Waals surface area contributed by atoms with Crippen molar-refractivity contribution in [3.05, 3.63) is 23.8 Å². The Balaban J connectivity index is 1.44. The molecule has 2 amide bonds. The maximum absolute atomic E-state index is 12.6. The number of nitrogens with zero attached hydrogens (tertiary/aromatic N) is 2. The van der Waals surface area contributed by atoms with Crippen LogP contribution in [0.25, 0.3) is 0 Å². The molecule has 1 aromatic rings. The zero-order valence-electron chi connectivity index (χ0n) is 18.5. The molecule has 0 N–H and O–H groups in total. The quantitative estimate of drug-likeness (QED) is 0.597. The number of alkyl halides is 3. The van der Waals surface area contributed by atoms with Crippen molar-refractivity contribution in [3.8, 4) is 11.5 Å². The Labute approximate surface area is 186 Å². The summed E-state index contributed by atoms with van der Waals surface area (Å²) in [7, 11) is 1.36. The van der Waals surface area contributed by atoms with Crippen molar-refractivity contribution in [1.29, 1.82) is 0 Å². The van der Waals surface area contributed by atoms with Gasteiger partial charge in [0.25, 0.3) is 0 Å². The van der Waals surface area contributed by atoms with Gasteiger partial charge >= 0.3 is 6.18 Å². The largest absolute Gasteiger partial charge is 0.493 e. The molecule has 1 saturated heterocycles. The van der Waals surface area contributed by atoms with Crippen molar-refractivity contribution in [2.45, 2.75) is 51.1 Å². The minimum atomic E-state index is -4.43. The SMILES string of the molecule is COc1cc(CCC(=O)N2CCN(C(=O)CC3CCCC3)CC2)ccc1OCC(F)(F)F. The number of ether oxygens (including phenoxy) is 2. The Morgan fingerprint density at radius 3 is 2.22 bits per heavy atom. The van der Waals surface area contributed by atoms with Gasteiger partial charge in [0.15, 0.2) is 18.1 Å². The third kappa shape index (κ3) is 7.03. The number of benzene rings is 1. The van der Waals surface area contributed by atoms with E-state index < -0.39 is 12.8 Å². The van der Waals surface area contributed by atoms with Crippen molar-refractivity contribution in [2.75, 3.05) is 39.9 Å². The van der Waals surface area contributed by atoms with Crippen LogP contribution >= 0.6 is 0 Å². The molecule has 0 bridgehead atoms. The lowest BCUT2D eigenvalue weighted by molar-refractivity contribution is -0.153. The average Bonchev–Trinajstić information content (AvgIpc) is 3.28. The van der Waals surface area contributed by atoms with Crippen molar-refractivity contribution in [1.82, 2.24) is 9.80 Å². The first-order valence-electron chi connectivity index (χ1n) is 11.2. The third-order valence-electron chi connectivity index (χ3n) is 6.17. The molecule has 2 aliphatic rings. The molecule has 1 aliphatic carbocycles. The maximum atomic E-state index is 12.6. The summed E-state index contributed by atoms with van der Waals surface area (Å²) in [5, 5.41) is 0. The molecule has 0 radical (unpaired) electrons. The molecule has 1 saturated carbocycles. The van der Waals surface area contributed by atoms with Gasteiger partial charge in [-0.05, 0) is 42.9 Å². The number of carbonyl (C=O) groups is 2. The second kappa shape index (κ2) is 10.9. The molecule has 0 aromatic heterocycles. The lowest BCUT2D eigenvalue weighted by Crippen LogP contribution is -2.50. The molecule has 9 heteroatoms. The highest BCUT2D eigenvalue weighted by Gasteiger charge is 2.29. The number of amides is 2. The van der Waals surface area contributed by atoms with E-state index in [9.17, 15) is 22.8 Å². The van der Waals surface area contributed by atoms with Gasteiger partial charge in [-0.2, -0.15) is 13.2 Å². The van der Waals surface area contributed by atoms with Gasteiger partial charge in [-0.25, -0.2) is 0 Å². The summed E-state index contributed by atoms with van der Waals surface area (Å²) in [6, 6.07) is 4.67. The van der Waals surface area contributed by atoms with Crippen LogP contribution in [0, 0.1) is 5.92 Å². The summed E-state index contributed by atoms with van der Waals surface area (Å²) in [4.78, 5) is 28.7. The monoisotopic (exact) mass is 456 g/mol. The first-order valence-corrected chi connectivity index (χ1v) is 11.2. The van der Waals surface area contributed by atoms with Crippen LogP contribution in [0.3, 0.4) is 0 Å². The first-order chi connectivity index (χ1) is 15.2. The highest BCUT2D eigenvalue weighted by atomic mass is 19.4. The summed E-state index contributed by atoms with van der Waals surface area (Å²) < 4.78 is 47.0. The number of aryl methyl sites for hydroxylation is 1. The minimum Gasteiger partial charge on any atom is -0.493 e. The molecule has 6 nitrogen and oxygen atoms in total. The van der Waals surface area contributed by atoms with Gasteiger partial charge in [-0.15, -0.1) is 0 Å². The van der Waals surface area contributed by atoms with Crippen molar-refractivity contribution in [2.24, 2.45) is 5.92 Å². The van der Waals surface area contributed by atoms with E-state index in [-0.39, 0.29) is 29.7 Å². The number of carbonyl (C=O) groups excluding carboxylic acids is 2. The topological polar surface area (TPSA) is 59.1 Å². The van der Waals surface area contributed by atoms with Gasteiger partial charge in [-0.3, -0.25) is 9.59 Å². The van der Waals surface area contributed by atoms with Crippen LogP contribution in [0.4, 0.5) is 13.2 Å². The smallest absolute Gasteiger partial charge is 0.422 e. The predicted octanol–water partition coefficient (Wildman–Crippen LogP) is 3.82. The van der Waals surface area contributed by atoms with Crippen LogP contribution in [0.2, 0.25) is 0 Å². The number of hydrogen-bond donors (Lipinski definition) is 0. The minimum absolute atomic E-state index is 0.00394. The maximum Gasteiger partial charge on any atom is 0.422 e. The van der Waals surface area contributed by atoms with Crippen molar-refractivity contribution >= 4 is 11.8 Å². The van der Waals surface area contributed by atoms with Gasteiger partial charge in [0.2, 0.25) is 11.8 Å². The van der Waals surface area contributed by atoms with Crippen LogP contribution < -0.4 is 9.47 Å². The van der Waals surface area contributed by atoms with Crippen LogP contribution in [0.15, 0.2) is 18.2 Å². The van der Waals surface area contributed by atoms with Crippen LogP contribution in [0.5, 0.6) is 11.5 Å². The normalized spacial score (nSPS) is 17.5. The number of halogens is 3. The molecule has 0 atom stereocenters. The second-order valence-corrected chi connectivity index (χ2v) is 8.51. The third-order valence-corrected chi connectivity index (χ3v) is 6.17. The fraction of sp³-hybridized carbons (Fsp3) is 0.652. The molecule has 0 spiro atoms. The molecular formula is C23H31F3N2O4. The summed E-state index contributed by atoms with van der Waals surface area (Å²) in [5.74, 6) is 0.935. The summed E-state index contributed by atoms with van der Waals surface area (Å²) in [6.07, 6.45) is 1.64. The number of methoxy groups -OCH3 is 1. The molecule has 178 valence electrons. The Hall–Kier alpha value is -2.45. The zero-order valence-corrected chi connectivity index (χ0v) is 18.5. The van der Waals surface area contributed by atoms with E-state index in [0.717, 1.165) is 18.4 Å². The van der Waals surface area contributed by atoms with E-state index in [0.29, 0.717) is 44.9 Å². The highest BCUT2D eigenvalue weighted by molar-refractivity contribution is 5.78. The molecule has 1 aromatic carbocycles. The van der Waals surface area contributed by atoms with E-state index in [4.69, 9.17) is 9.47 Å². The van der Waals surface area contributed by atoms with Crippen LogP contribution in [-0.2, 0) is 16.0 Å². The zero-order chi connectivity index (χ0) is 23.1. The van der Waals surface area contributed by atoms with E-state index in [2.05, 4.69) is 0 Å². The lowest BCUT2D eigenvalue weighted by Gasteiger charge is -2.35. The summed E-state index contributed by atoms with van der Waals surface area (Å²) in [6.45, 7) is 0.800. The van der Waals surface area contributed by atoms with Gasteiger partial charge in [-0.1, -0.05) is 18.9 Å². The van der Waals surface area contributed by atoms with Crippen molar-refractivity contribution in [3.63, 3.8) is 0 Å². The molecule has 1 aliphatic heterocycles. The van der Waals surface area contributed by atoms with Crippen LogP contribution in [-0.4, -0.2) is 67.7 Å². The summed E-state index contributed by atoms with van der Waals surface area (Å²) in [5.41, 5.74) is 0.778. The van der Waals surface area contributed by atoms with E-state index >= 15 is 0 Å². The Morgan fingerprint density at radius 2 is 1.62 bits per heavy atom. The van der Waals surface area contributed by atoms with Gasteiger partial charge in [0.05, 0.1) is 7.11 Å². The summed E-state index contributed by atoms with van der Waals surface area (Å²) >= 11 is 0. The molecule has 1 heterocycles. The Kier molecular flexibility index (Phi) is 8.26. The first kappa shape index (κ1) is 24.2. The fourth-order valence-corrected chi connectivity index (χ4v) is 4.35. The van der Waals surface area contributed by atoms with E-state index in [1.807, 2.05) is 4.90 Å². The number of piperazine rings is 1. The van der Waals surface area contributed by atoms with Gasteiger partial charge in [0, 0.05) is 39.0 Å². The molecule has 3 rings (SSSR count). The van der Waals surface area contributed by atoms with E-state index in [1.54, 1.807) is 17.0 Å². The second-order valence-electron chi connectivity index (χ2n) is 8.51. The van der Waals surface area contributed by atoms with Gasteiger partial charge < -0.3 is 19.3 Å². The van der Waals surface area contributed by atoms with Crippen LogP contribution in [0.1, 0.15) is 44.1 Å². The molecule has 0 unspecified atom stereocenters. The average molecular weight is 457 g/mol. The van der Waals surface area contributed by atoms with Gasteiger partial charge in [0.1, 0.15) is 0 Å². The Morgan fingerprint density at radius 1 is 1.00 bits per heavy atom. The lowest BCUT2D eigenvalue weighted by atomic mass is 10.0. The highest BCUT2D eigenvalue weighted by Crippen LogP contribution is 2.30.